The summed E-state index contributed by atoms with van der Waals surface area (Å²) in [6.07, 6.45) is 0. The zero-order valence-corrected chi connectivity index (χ0v) is 11.8. The van der Waals surface area contributed by atoms with Crippen LogP contribution in [0.2, 0.25) is 10.0 Å². The summed E-state index contributed by atoms with van der Waals surface area (Å²) in [6, 6.07) is 3.59. The van der Waals surface area contributed by atoms with Crippen molar-refractivity contribution in [3.05, 3.63) is 33.9 Å². The van der Waals surface area contributed by atoms with Gasteiger partial charge in [0.05, 0.1) is 21.4 Å². The summed E-state index contributed by atoms with van der Waals surface area (Å²) in [5.41, 5.74) is 0.744. The highest BCUT2D eigenvalue weighted by molar-refractivity contribution is 7.86. The monoisotopic (exact) mass is 322 g/mol. The Bertz CT molecular complexity index is 755. The van der Waals surface area contributed by atoms with Gasteiger partial charge in [-0.2, -0.15) is 18.2 Å². The van der Waals surface area contributed by atoms with E-state index in [1.807, 2.05) is 0 Å². The van der Waals surface area contributed by atoms with Gasteiger partial charge in [-0.3, -0.25) is 4.55 Å². The zero-order valence-electron chi connectivity index (χ0n) is 9.50. The smallest absolute Gasteiger partial charge is 0.296 e. The van der Waals surface area contributed by atoms with E-state index >= 15 is 0 Å². The molecule has 0 aliphatic carbocycles. The molecule has 0 atom stereocenters. The fourth-order valence-electron chi connectivity index (χ4n) is 1.54. The lowest BCUT2D eigenvalue weighted by atomic mass is 10.3. The molecule has 2 rings (SSSR count). The maximum Gasteiger partial charge on any atom is 0.296 e. The molecule has 0 radical (unpaired) electrons. The lowest BCUT2D eigenvalue weighted by Crippen LogP contribution is -2.03. The van der Waals surface area contributed by atoms with Gasteiger partial charge in [0.1, 0.15) is 4.90 Å². The third-order valence-corrected chi connectivity index (χ3v) is 3.94. The first-order chi connectivity index (χ1) is 8.70. The number of nitrogens with zero attached hydrogens (tertiary/aromatic N) is 2. The number of benzene rings is 1. The Balaban J connectivity index is 2.69. The van der Waals surface area contributed by atoms with E-state index in [1.54, 1.807) is 6.92 Å². The molecule has 2 aromatic rings. The van der Waals surface area contributed by atoms with E-state index in [-0.39, 0.29) is 21.6 Å². The van der Waals surface area contributed by atoms with Crippen LogP contribution in [-0.4, -0.2) is 27.9 Å². The van der Waals surface area contributed by atoms with Crippen LogP contribution in [0.5, 0.6) is 5.88 Å². The first kappa shape index (κ1) is 14.1. The van der Waals surface area contributed by atoms with Crippen molar-refractivity contribution in [1.82, 2.24) is 9.78 Å². The fraction of sp³-hybridized carbons (Fsp3) is 0.100. The van der Waals surface area contributed by atoms with Gasteiger partial charge in [-0.1, -0.05) is 23.2 Å². The molecule has 6 nitrogen and oxygen atoms in total. The SMILES string of the molecule is Cc1cc(O)n(-c2cc(Cl)c(S(=O)(=O)O)cc2Cl)n1. The molecule has 9 heteroatoms. The van der Waals surface area contributed by atoms with Crippen molar-refractivity contribution in [2.45, 2.75) is 11.8 Å². The topological polar surface area (TPSA) is 92.4 Å². The van der Waals surface area contributed by atoms with E-state index in [2.05, 4.69) is 5.10 Å². The molecule has 0 bridgehead atoms. The summed E-state index contributed by atoms with van der Waals surface area (Å²) >= 11 is 11.7. The van der Waals surface area contributed by atoms with Gasteiger partial charge in [-0.05, 0) is 19.1 Å². The van der Waals surface area contributed by atoms with Crippen molar-refractivity contribution in [2.24, 2.45) is 0 Å². The molecule has 0 amide bonds. The van der Waals surface area contributed by atoms with Gasteiger partial charge in [-0.15, -0.1) is 0 Å². The number of aryl methyl sites for hydroxylation is 1. The minimum atomic E-state index is -4.47. The van der Waals surface area contributed by atoms with Crippen LogP contribution in [0.3, 0.4) is 0 Å². The molecule has 0 unspecified atom stereocenters. The van der Waals surface area contributed by atoms with Crippen LogP contribution < -0.4 is 0 Å². The molecule has 0 fully saturated rings. The number of hydrogen-bond acceptors (Lipinski definition) is 4. The molecule has 0 saturated carbocycles. The highest BCUT2D eigenvalue weighted by Crippen LogP contribution is 2.32. The summed E-state index contributed by atoms with van der Waals surface area (Å²) in [5.74, 6) is -0.171. The van der Waals surface area contributed by atoms with Gasteiger partial charge in [0.15, 0.2) is 0 Å². The van der Waals surface area contributed by atoms with Crippen LogP contribution in [0.15, 0.2) is 23.1 Å². The molecule has 0 aliphatic heterocycles. The van der Waals surface area contributed by atoms with Crippen LogP contribution in [0.1, 0.15) is 5.69 Å². The maximum atomic E-state index is 11.1. The second-order valence-electron chi connectivity index (χ2n) is 3.76. The average molecular weight is 323 g/mol. The minimum Gasteiger partial charge on any atom is -0.493 e. The summed E-state index contributed by atoms with van der Waals surface area (Å²) in [6.45, 7) is 1.66. The molecule has 0 saturated heterocycles. The molecular formula is C10H8Cl2N2O4S. The first-order valence-electron chi connectivity index (χ1n) is 4.92. The Hall–Kier alpha value is -1.28. The molecule has 2 N–H and O–H groups in total. The molecule has 1 aromatic heterocycles. The quantitative estimate of drug-likeness (QED) is 0.828. The summed E-state index contributed by atoms with van der Waals surface area (Å²) in [7, 11) is -4.47. The van der Waals surface area contributed by atoms with Crippen molar-refractivity contribution < 1.29 is 18.1 Å². The number of rotatable bonds is 2. The van der Waals surface area contributed by atoms with Gasteiger partial charge < -0.3 is 5.11 Å². The number of hydrogen-bond donors (Lipinski definition) is 2. The van der Waals surface area contributed by atoms with Crippen molar-refractivity contribution in [2.75, 3.05) is 0 Å². The fourth-order valence-corrected chi connectivity index (χ4v) is 2.87. The predicted molar refractivity (Wildman–Crippen MR) is 69.8 cm³/mol. The Labute approximate surface area is 118 Å². The van der Waals surface area contributed by atoms with Crippen LogP contribution in [0.25, 0.3) is 5.69 Å². The van der Waals surface area contributed by atoms with E-state index in [4.69, 9.17) is 27.8 Å². The third kappa shape index (κ3) is 2.69. The van der Waals surface area contributed by atoms with Crippen molar-refractivity contribution >= 4 is 33.3 Å². The van der Waals surface area contributed by atoms with Gasteiger partial charge in [0.2, 0.25) is 5.88 Å². The largest absolute Gasteiger partial charge is 0.493 e. The summed E-state index contributed by atoms with van der Waals surface area (Å²) in [5, 5.41) is 13.4. The molecule has 1 aromatic carbocycles. The molecule has 0 spiro atoms. The summed E-state index contributed by atoms with van der Waals surface area (Å²) in [4.78, 5) is -0.508. The number of aromatic hydroxyl groups is 1. The van der Waals surface area contributed by atoms with Crippen LogP contribution in [0, 0.1) is 6.92 Å². The van der Waals surface area contributed by atoms with Gasteiger partial charge in [0, 0.05) is 6.07 Å². The lowest BCUT2D eigenvalue weighted by Gasteiger charge is -2.08. The van der Waals surface area contributed by atoms with Gasteiger partial charge >= 0.3 is 0 Å². The van der Waals surface area contributed by atoms with Crippen molar-refractivity contribution in [3.63, 3.8) is 0 Å². The second-order valence-corrected chi connectivity index (χ2v) is 5.97. The van der Waals surface area contributed by atoms with Crippen LogP contribution in [0.4, 0.5) is 0 Å². The van der Waals surface area contributed by atoms with E-state index in [9.17, 15) is 13.5 Å². The van der Waals surface area contributed by atoms with E-state index in [0.717, 1.165) is 10.7 Å². The van der Waals surface area contributed by atoms with E-state index in [1.165, 1.54) is 12.1 Å². The molecular weight excluding hydrogens is 315 g/mol. The van der Waals surface area contributed by atoms with Crippen molar-refractivity contribution in [3.8, 4) is 11.6 Å². The standard InChI is InChI=1S/C10H8Cl2N2O4S/c1-5-2-10(15)14(13-5)8-3-7(12)9(4-6(8)11)19(16,17)18/h2-4,15H,1H3,(H,16,17,18). The van der Waals surface area contributed by atoms with Gasteiger partial charge in [0.25, 0.3) is 10.1 Å². The molecule has 0 aliphatic rings. The Morgan fingerprint density at radius 1 is 1.21 bits per heavy atom. The summed E-state index contributed by atoms with van der Waals surface area (Å²) < 4.78 is 32.2. The molecule has 102 valence electrons. The molecule has 1 heterocycles. The highest BCUT2D eigenvalue weighted by atomic mass is 35.5. The van der Waals surface area contributed by atoms with Crippen LogP contribution in [-0.2, 0) is 10.1 Å². The first-order valence-corrected chi connectivity index (χ1v) is 7.12. The Kier molecular flexibility index (Phi) is 3.48. The Morgan fingerprint density at radius 2 is 1.84 bits per heavy atom. The molecule has 19 heavy (non-hydrogen) atoms. The van der Waals surface area contributed by atoms with Crippen molar-refractivity contribution in [1.29, 1.82) is 0 Å². The van der Waals surface area contributed by atoms with E-state index < -0.39 is 15.0 Å². The third-order valence-electron chi connectivity index (χ3n) is 2.32. The number of aromatic nitrogens is 2. The zero-order chi connectivity index (χ0) is 14.4. The highest BCUT2D eigenvalue weighted by Gasteiger charge is 2.19. The Morgan fingerprint density at radius 3 is 2.32 bits per heavy atom. The second kappa shape index (κ2) is 4.68. The van der Waals surface area contributed by atoms with Gasteiger partial charge in [-0.25, -0.2) is 0 Å². The predicted octanol–water partition coefficient (Wildman–Crippen LogP) is 2.44. The van der Waals surface area contributed by atoms with Crippen LogP contribution >= 0.6 is 23.2 Å². The maximum absolute atomic E-state index is 11.1. The normalized spacial score (nSPS) is 11.8. The minimum absolute atomic E-state index is 0.0320. The average Bonchev–Trinajstić information content (AvgIpc) is 2.59. The number of halogens is 2. The van der Waals surface area contributed by atoms with E-state index in [0.29, 0.717) is 5.69 Å². The lowest BCUT2D eigenvalue weighted by molar-refractivity contribution is 0.433.